The van der Waals surface area contributed by atoms with E-state index in [9.17, 15) is 0 Å². The molecule has 2 aromatic carbocycles. The molecule has 0 saturated heterocycles. The Kier molecular flexibility index (Phi) is 6.06. The summed E-state index contributed by atoms with van der Waals surface area (Å²) in [6, 6.07) is 15.6. The molecular weight excluding hydrogens is 266 g/mol. The summed E-state index contributed by atoms with van der Waals surface area (Å²) in [6.45, 7) is 2.01. The molecule has 0 aromatic heterocycles. The molecule has 0 radical (unpaired) electrons. The van der Waals surface area contributed by atoms with Crippen LogP contribution in [0.3, 0.4) is 0 Å². The number of benzene rings is 2. The van der Waals surface area contributed by atoms with Crippen molar-refractivity contribution < 1.29 is 14.2 Å². The predicted octanol–water partition coefficient (Wildman–Crippen LogP) is 2.75. The lowest BCUT2D eigenvalue weighted by Crippen LogP contribution is -2.11. The molecule has 0 fully saturated rings. The minimum Gasteiger partial charge on any atom is -0.490 e. The first-order valence-electron chi connectivity index (χ1n) is 6.95. The van der Waals surface area contributed by atoms with Gasteiger partial charge in [0, 0.05) is 19.2 Å². The third-order valence-electron chi connectivity index (χ3n) is 3.01. The van der Waals surface area contributed by atoms with Gasteiger partial charge in [-0.25, -0.2) is 0 Å². The van der Waals surface area contributed by atoms with Crippen molar-refractivity contribution in [3.05, 3.63) is 59.7 Å². The van der Waals surface area contributed by atoms with Crippen LogP contribution in [0.1, 0.15) is 11.1 Å². The van der Waals surface area contributed by atoms with Crippen LogP contribution < -0.4 is 15.2 Å². The number of nitrogens with two attached hydrogens (primary N) is 1. The number of ether oxygens (including phenoxy) is 3. The molecule has 0 atom stereocenters. The zero-order chi connectivity index (χ0) is 14.9. The number of methoxy groups -OCH3 is 1. The summed E-state index contributed by atoms with van der Waals surface area (Å²) in [7, 11) is 1.68. The smallest absolute Gasteiger partial charge is 0.123 e. The van der Waals surface area contributed by atoms with Crippen LogP contribution in [0, 0.1) is 0 Å². The minimum absolute atomic E-state index is 0.468. The fourth-order valence-electron chi connectivity index (χ4n) is 2.02. The predicted molar refractivity (Wildman–Crippen MR) is 82.5 cm³/mol. The van der Waals surface area contributed by atoms with Crippen LogP contribution in [0.5, 0.6) is 11.5 Å². The highest BCUT2D eigenvalue weighted by Gasteiger charge is 2.01. The Labute approximate surface area is 125 Å². The molecule has 0 unspecified atom stereocenters. The fourth-order valence-corrected chi connectivity index (χ4v) is 2.02. The molecule has 0 aliphatic carbocycles. The second-order valence-electron chi connectivity index (χ2n) is 4.59. The van der Waals surface area contributed by atoms with Crippen LogP contribution in [0.4, 0.5) is 0 Å². The van der Waals surface area contributed by atoms with Crippen molar-refractivity contribution in [3.8, 4) is 11.5 Å². The van der Waals surface area contributed by atoms with Crippen molar-refractivity contribution in [3.63, 3.8) is 0 Å². The molecule has 0 aliphatic rings. The third kappa shape index (κ3) is 4.77. The Morgan fingerprint density at radius 1 is 0.952 bits per heavy atom. The van der Waals surface area contributed by atoms with Gasteiger partial charge in [-0.15, -0.1) is 0 Å². The number of hydrogen-bond donors (Lipinski definition) is 1. The van der Waals surface area contributed by atoms with E-state index in [1.807, 2.05) is 48.5 Å². The summed E-state index contributed by atoms with van der Waals surface area (Å²) >= 11 is 0. The Balaban J connectivity index is 1.80. The van der Waals surface area contributed by atoms with E-state index in [0.29, 0.717) is 26.4 Å². The molecule has 0 heterocycles. The first-order chi connectivity index (χ1) is 10.3. The second kappa shape index (κ2) is 8.29. The maximum Gasteiger partial charge on any atom is 0.123 e. The third-order valence-corrected chi connectivity index (χ3v) is 3.01. The molecule has 2 rings (SSSR count). The quantitative estimate of drug-likeness (QED) is 0.759. The highest BCUT2D eigenvalue weighted by molar-refractivity contribution is 5.33. The van der Waals surface area contributed by atoms with Crippen LogP contribution >= 0.6 is 0 Å². The number of hydrogen-bond acceptors (Lipinski definition) is 4. The zero-order valence-electron chi connectivity index (χ0n) is 12.2. The van der Waals surface area contributed by atoms with Gasteiger partial charge in [0.2, 0.25) is 0 Å². The average Bonchev–Trinajstić information content (AvgIpc) is 2.53. The van der Waals surface area contributed by atoms with Crippen LogP contribution in [0.2, 0.25) is 0 Å². The van der Waals surface area contributed by atoms with Crippen LogP contribution in [-0.4, -0.2) is 20.3 Å². The molecule has 2 aromatic rings. The Morgan fingerprint density at radius 2 is 1.76 bits per heavy atom. The van der Waals surface area contributed by atoms with Gasteiger partial charge in [0.1, 0.15) is 24.7 Å². The molecule has 4 heteroatoms. The molecular formula is C17H21NO3. The van der Waals surface area contributed by atoms with Gasteiger partial charge in [0.15, 0.2) is 0 Å². The highest BCUT2D eigenvalue weighted by atomic mass is 16.5. The summed E-state index contributed by atoms with van der Waals surface area (Å²) in [4.78, 5) is 0. The first kappa shape index (κ1) is 15.4. The van der Waals surface area contributed by atoms with Crippen molar-refractivity contribution in [1.29, 1.82) is 0 Å². The molecule has 0 aliphatic heterocycles. The van der Waals surface area contributed by atoms with Crippen molar-refractivity contribution in [2.45, 2.75) is 13.2 Å². The highest BCUT2D eigenvalue weighted by Crippen LogP contribution is 2.17. The minimum atomic E-state index is 0.468. The van der Waals surface area contributed by atoms with E-state index in [0.717, 1.165) is 22.6 Å². The van der Waals surface area contributed by atoms with E-state index in [1.54, 1.807) is 7.11 Å². The summed E-state index contributed by atoms with van der Waals surface area (Å²) in [5.41, 5.74) is 7.75. The summed E-state index contributed by atoms with van der Waals surface area (Å²) in [5, 5.41) is 0. The monoisotopic (exact) mass is 287 g/mol. The molecule has 0 amide bonds. The van der Waals surface area contributed by atoms with E-state index >= 15 is 0 Å². The largest absolute Gasteiger partial charge is 0.490 e. The van der Waals surface area contributed by atoms with Crippen LogP contribution in [0.25, 0.3) is 0 Å². The summed E-state index contributed by atoms with van der Waals surface area (Å²) in [6.07, 6.45) is 0. The van der Waals surface area contributed by atoms with Gasteiger partial charge in [-0.05, 0) is 23.8 Å². The SMILES string of the molecule is COCc1cccc(OCCOc2ccccc2CN)c1. The van der Waals surface area contributed by atoms with Gasteiger partial charge >= 0.3 is 0 Å². The van der Waals surface area contributed by atoms with Crippen molar-refractivity contribution in [1.82, 2.24) is 0 Å². The Morgan fingerprint density at radius 3 is 2.57 bits per heavy atom. The Hall–Kier alpha value is -2.04. The van der Waals surface area contributed by atoms with E-state index < -0.39 is 0 Å². The standard InChI is InChI=1S/C17H21NO3/c1-19-13-14-5-4-7-16(11-14)20-9-10-21-17-8-3-2-6-15(17)12-18/h2-8,11H,9-10,12-13,18H2,1H3. The van der Waals surface area contributed by atoms with E-state index in [4.69, 9.17) is 19.9 Å². The van der Waals surface area contributed by atoms with Gasteiger partial charge in [-0.2, -0.15) is 0 Å². The maximum absolute atomic E-state index is 5.70. The summed E-state index contributed by atoms with van der Waals surface area (Å²) in [5.74, 6) is 1.64. The maximum atomic E-state index is 5.70. The van der Waals surface area contributed by atoms with Gasteiger partial charge in [0.05, 0.1) is 6.61 Å². The van der Waals surface area contributed by atoms with Gasteiger partial charge < -0.3 is 19.9 Å². The fraction of sp³-hybridized carbons (Fsp3) is 0.294. The van der Waals surface area contributed by atoms with Crippen molar-refractivity contribution >= 4 is 0 Å². The first-order valence-corrected chi connectivity index (χ1v) is 6.95. The van der Waals surface area contributed by atoms with E-state index in [2.05, 4.69) is 0 Å². The van der Waals surface area contributed by atoms with Gasteiger partial charge in [-0.1, -0.05) is 30.3 Å². The lowest BCUT2D eigenvalue weighted by atomic mass is 10.2. The van der Waals surface area contributed by atoms with Gasteiger partial charge in [0.25, 0.3) is 0 Å². The molecule has 4 nitrogen and oxygen atoms in total. The van der Waals surface area contributed by atoms with E-state index in [-0.39, 0.29) is 0 Å². The topological polar surface area (TPSA) is 53.7 Å². The van der Waals surface area contributed by atoms with E-state index in [1.165, 1.54) is 0 Å². The average molecular weight is 287 g/mol. The molecule has 0 spiro atoms. The van der Waals surface area contributed by atoms with Crippen LogP contribution in [-0.2, 0) is 17.9 Å². The lowest BCUT2D eigenvalue weighted by molar-refractivity contribution is 0.184. The van der Waals surface area contributed by atoms with Crippen LogP contribution in [0.15, 0.2) is 48.5 Å². The molecule has 112 valence electrons. The molecule has 0 bridgehead atoms. The zero-order valence-corrected chi connectivity index (χ0v) is 12.2. The summed E-state index contributed by atoms with van der Waals surface area (Å²) < 4.78 is 16.5. The number of para-hydroxylation sites is 1. The van der Waals surface area contributed by atoms with Crippen molar-refractivity contribution in [2.75, 3.05) is 20.3 Å². The Bertz CT molecular complexity index is 557. The molecule has 0 saturated carbocycles. The number of rotatable bonds is 8. The lowest BCUT2D eigenvalue weighted by Gasteiger charge is -2.11. The second-order valence-corrected chi connectivity index (χ2v) is 4.59. The van der Waals surface area contributed by atoms with Gasteiger partial charge in [-0.3, -0.25) is 0 Å². The molecule has 21 heavy (non-hydrogen) atoms. The van der Waals surface area contributed by atoms with Crippen molar-refractivity contribution in [2.24, 2.45) is 5.73 Å². The molecule has 2 N–H and O–H groups in total. The normalized spacial score (nSPS) is 10.4.